The predicted octanol–water partition coefficient (Wildman–Crippen LogP) is 2.97. The SMILES string of the molecule is N#CCn1c(=O)n([C@@H]2CCOc3ccc(F)cc32)c2nc(-n3cnc4ccccc43)ncc21. The molecule has 1 aliphatic heterocycles. The first kappa shape index (κ1) is 19.2. The lowest BCUT2D eigenvalue weighted by atomic mass is 10.00. The van der Waals surface area contributed by atoms with Crippen molar-refractivity contribution in [3.63, 3.8) is 0 Å². The molecule has 10 heteroatoms. The third-order valence-corrected chi connectivity index (χ3v) is 5.88. The van der Waals surface area contributed by atoms with E-state index in [1.54, 1.807) is 17.0 Å². The Balaban J connectivity index is 1.62. The molecular weight excluding hydrogens is 425 g/mol. The van der Waals surface area contributed by atoms with Gasteiger partial charge in [-0.15, -0.1) is 0 Å². The van der Waals surface area contributed by atoms with Crippen LogP contribution in [0.25, 0.3) is 28.1 Å². The average Bonchev–Trinajstić information content (AvgIpc) is 3.38. The van der Waals surface area contributed by atoms with E-state index in [-0.39, 0.29) is 6.54 Å². The third kappa shape index (κ3) is 2.90. The van der Waals surface area contributed by atoms with Crippen molar-refractivity contribution in [1.29, 1.82) is 5.26 Å². The van der Waals surface area contributed by atoms with Crippen LogP contribution < -0.4 is 10.4 Å². The van der Waals surface area contributed by atoms with Gasteiger partial charge in [-0.1, -0.05) is 12.1 Å². The van der Waals surface area contributed by atoms with Crippen molar-refractivity contribution in [3.05, 3.63) is 76.9 Å². The first-order valence-corrected chi connectivity index (χ1v) is 10.3. The number of hydrogen-bond donors (Lipinski definition) is 0. The van der Waals surface area contributed by atoms with Gasteiger partial charge >= 0.3 is 5.69 Å². The van der Waals surface area contributed by atoms with Gasteiger partial charge in [0.05, 0.1) is 35.9 Å². The largest absolute Gasteiger partial charge is 0.493 e. The van der Waals surface area contributed by atoms with Gasteiger partial charge in [-0.05, 0) is 30.3 Å². The highest BCUT2D eigenvalue weighted by Crippen LogP contribution is 2.36. The summed E-state index contributed by atoms with van der Waals surface area (Å²) in [4.78, 5) is 27.0. The van der Waals surface area contributed by atoms with Crippen LogP contribution in [-0.2, 0) is 6.54 Å². The van der Waals surface area contributed by atoms with Gasteiger partial charge in [0.1, 0.15) is 30.0 Å². The van der Waals surface area contributed by atoms with Crippen LogP contribution >= 0.6 is 0 Å². The number of nitrogens with zero attached hydrogens (tertiary/aromatic N) is 7. The van der Waals surface area contributed by atoms with Crippen LogP contribution in [0.4, 0.5) is 4.39 Å². The Bertz CT molecular complexity index is 1640. The lowest BCUT2D eigenvalue weighted by molar-refractivity contribution is 0.255. The van der Waals surface area contributed by atoms with Crippen molar-refractivity contribution in [2.45, 2.75) is 19.0 Å². The van der Waals surface area contributed by atoms with E-state index in [0.717, 1.165) is 11.0 Å². The van der Waals surface area contributed by atoms with E-state index in [1.807, 2.05) is 30.3 Å². The summed E-state index contributed by atoms with van der Waals surface area (Å²) in [6, 6.07) is 13.4. The molecule has 0 unspecified atom stereocenters. The van der Waals surface area contributed by atoms with Crippen molar-refractivity contribution in [2.24, 2.45) is 0 Å². The highest BCUT2D eigenvalue weighted by molar-refractivity contribution is 5.77. The molecular formula is C23H16FN7O2. The van der Waals surface area contributed by atoms with E-state index in [9.17, 15) is 14.4 Å². The number of hydrogen-bond acceptors (Lipinski definition) is 6. The van der Waals surface area contributed by atoms with Crippen molar-refractivity contribution >= 4 is 22.2 Å². The minimum atomic E-state index is -0.498. The Morgan fingerprint density at radius 3 is 2.94 bits per heavy atom. The van der Waals surface area contributed by atoms with Crippen LogP contribution in [0.3, 0.4) is 0 Å². The average molecular weight is 441 g/mol. The number of benzene rings is 2. The van der Waals surface area contributed by atoms with Gasteiger partial charge in [0.25, 0.3) is 0 Å². The Kier molecular flexibility index (Phi) is 4.23. The van der Waals surface area contributed by atoms with Crippen LogP contribution in [0.1, 0.15) is 18.0 Å². The van der Waals surface area contributed by atoms with Crippen molar-refractivity contribution in [2.75, 3.05) is 6.61 Å². The number of rotatable bonds is 3. The molecule has 0 spiro atoms. The minimum absolute atomic E-state index is 0.154. The number of aromatic nitrogens is 6. The molecule has 0 fully saturated rings. The molecule has 3 aromatic heterocycles. The third-order valence-electron chi connectivity index (χ3n) is 5.88. The van der Waals surface area contributed by atoms with Crippen LogP contribution in [0.5, 0.6) is 5.75 Å². The molecule has 0 saturated carbocycles. The van der Waals surface area contributed by atoms with Crippen LogP contribution in [0.15, 0.2) is 59.8 Å². The molecule has 0 radical (unpaired) electrons. The van der Waals surface area contributed by atoms with E-state index < -0.39 is 17.5 Å². The minimum Gasteiger partial charge on any atom is -0.493 e. The molecule has 4 heterocycles. The van der Waals surface area contributed by atoms with Crippen molar-refractivity contribution in [3.8, 4) is 17.8 Å². The number of fused-ring (bicyclic) bond motifs is 3. The molecule has 0 saturated heterocycles. The second-order valence-corrected chi connectivity index (χ2v) is 7.71. The highest BCUT2D eigenvalue weighted by Gasteiger charge is 2.29. The van der Waals surface area contributed by atoms with Gasteiger partial charge < -0.3 is 4.74 Å². The number of para-hydroxylation sites is 2. The maximum Gasteiger partial charge on any atom is 0.331 e. The molecule has 0 bridgehead atoms. The molecule has 5 aromatic rings. The fourth-order valence-corrected chi connectivity index (χ4v) is 4.40. The summed E-state index contributed by atoms with van der Waals surface area (Å²) >= 11 is 0. The zero-order chi connectivity index (χ0) is 22.5. The van der Waals surface area contributed by atoms with E-state index >= 15 is 0 Å². The molecule has 162 valence electrons. The topological polar surface area (TPSA) is 104 Å². The second-order valence-electron chi connectivity index (χ2n) is 7.71. The quantitative estimate of drug-likeness (QED) is 0.426. The molecule has 6 rings (SSSR count). The summed E-state index contributed by atoms with van der Waals surface area (Å²) in [5, 5.41) is 9.30. The maximum atomic E-state index is 14.1. The molecule has 2 aromatic carbocycles. The van der Waals surface area contributed by atoms with Crippen molar-refractivity contribution < 1.29 is 9.13 Å². The molecule has 0 amide bonds. The Morgan fingerprint density at radius 1 is 1.18 bits per heavy atom. The summed E-state index contributed by atoms with van der Waals surface area (Å²) < 4.78 is 24.4. The Morgan fingerprint density at radius 2 is 2.06 bits per heavy atom. The summed E-state index contributed by atoms with van der Waals surface area (Å²) in [7, 11) is 0. The van der Waals surface area contributed by atoms with Crippen molar-refractivity contribution in [1.82, 2.24) is 28.7 Å². The normalized spacial score (nSPS) is 15.3. The van der Waals surface area contributed by atoms with Gasteiger partial charge in [-0.25, -0.2) is 19.2 Å². The molecule has 9 nitrogen and oxygen atoms in total. The number of imidazole rings is 2. The zero-order valence-electron chi connectivity index (χ0n) is 17.2. The van der Waals surface area contributed by atoms with Crippen LogP contribution in [-0.4, -0.2) is 35.3 Å². The first-order chi connectivity index (χ1) is 16.2. The first-order valence-electron chi connectivity index (χ1n) is 10.3. The fourth-order valence-electron chi connectivity index (χ4n) is 4.40. The Hall–Kier alpha value is -4.52. The Labute approximate surface area is 185 Å². The summed E-state index contributed by atoms with van der Waals surface area (Å²) in [5.41, 5.74) is 2.55. The summed E-state index contributed by atoms with van der Waals surface area (Å²) in [5.74, 6) is 0.444. The van der Waals surface area contributed by atoms with E-state index in [4.69, 9.17) is 9.72 Å². The monoisotopic (exact) mass is 441 g/mol. The lowest BCUT2D eigenvalue weighted by Gasteiger charge is -2.26. The fraction of sp³-hybridized carbons (Fsp3) is 0.174. The van der Waals surface area contributed by atoms with Crippen LogP contribution in [0.2, 0.25) is 0 Å². The van der Waals surface area contributed by atoms with E-state index in [1.165, 1.54) is 27.5 Å². The smallest absolute Gasteiger partial charge is 0.331 e. The standard InChI is InChI=1S/C23H16FN7O2/c24-14-5-6-20-15(11-14)17(7-10-33-20)31-21-19(29(9-8-25)23(31)32)12-26-22(28-21)30-13-27-16-3-1-2-4-18(16)30/h1-6,11-13,17H,7,9-10H2/t17-/m1/s1. The van der Waals surface area contributed by atoms with Crippen LogP contribution in [0, 0.1) is 17.1 Å². The molecule has 1 aliphatic rings. The van der Waals surface area contributed by atoms with Gasteiger partial charge in [-0.2, -0.15) is 10.2 Å². The zero-order valence-corrected chi connectivity index (χ0v) is 17.2. The summed E-state index contributed by atoms with van der Waals surface area (Å²) in [6.45, 7) is 0.211. The maximum absolute atomic E-state index is 14.1. The number of halogens is 1. The van der Waals surface area contributed by atoms with E-state index in [2.05, 4.69) is 9.97 Å². The molecule has 0 aliphatic carbocycles. The lowest BCUT2D eigenvalue weighted by Crippen LogP contribution is -2.31. The predicted molar refractivity (Wildman–Crippen MR) is 117 cm³/mol. The van der Waals surface area contributed by atoms with Gasteiger partial charge in [-0.3, -0.25) is 13.7 Å². The van der Waals surface area contributed by atoms with Gasteiger partial charge in [0.2, 0.25) is 5.95 Å². The number of ether oxygens (including phenoxy) is 1. The second kappa shape index (κ2) is 7.27. The highest BCUT2D eigenvalue weighted by atomic mass is 19.1. The summed E-state index contributed by atoms with van der Waals surface area (Å²) in [6.07, 6.45) is 3.61. The van der Waals surface area contributed by atoms with Gasteiger partial charge in [0, 0.05) is 12.0 Å². The number of nitriles is 1. The molecule has 33 heavy (non-hydrogen) atoms. The molecule has 1 atom stereocenters. The molecule has 0 N–H and O–H groups in total. The van der Waals surface area contributed by atoms with Gasteiger partial charge in [0.15, 0.2) is 5.65 Å². The van der Waals surface area contributed by atoms with E-state index in [0.29, 0.717) is 41.5 Å².